The van der Waals surface area contributed by atoms with Gasteiger partial charge in [-0.1, -0.05) is 36.0 Å². The van der Waals surface area contributed by atoms with Crippen LogP contribution in [-0.2, 0) is 4.79 Å². The van der Waals surface area contributed by atoms with E-state index < -0.39 is 11.1 Å². The molecule has 35 heavy (non-hydrogen) atoms. The van der Waals surface area contributed by atoms with Gasteiger partial charge in [-0.05, 0) is 49.4 Å². The second kappa shape index (κ2) is 9.22. The summed E-state index contributed by atoms with van der Waals surface area (Å²) in [5.74, 6) is 0.149. The number of ether oxygens (including phenoxy) is 1. The summed E-state index contributed by atoms with van der Waals surface area (Å²) >= 11 is 1.19. The van der Waals surface area contributed by atoms with Gasteiger partial charge in [-0.2, -0.15) is 0 Å². The van der Waals surface area contributed by atoms with Crippen LogP contribution in [0, 0.1) is 5.82 Å². The zero-order valence-corrected chi connectivity index (χ0v) is 19.6. The molecular formula is C25H20FN5O3S. The molecule has 0 aliphatic heterocycles. The number of fused-ring (bicyclic) bond motifs is 3. The summed E-state index contributed by atoms with van der Waals surface area (Å²) in [6.07, 6.45) is 0. The molecule has 0 bridgehead atoms. The number of methoxy groups -OCH3 is 1. The highest BCUT2D eigenvalue weighted by Crippen LogP contribution is 2.27. The summed E-state index contributed by atoms with van der Waals surface area (Å²) in [6.45, 7) is 1.72. The molecule has 0 saturated heterocycles. The molecule has 2 heterocycles. The van der Waals surface area contributed by atoms with E-state index in [0.29, 0.717) is 39.0 Å². The Morgan fingerprint density at radius 1 is 1.06 bits per heavy atom. The fraction of sp³-hybridized carbons (Fsp3) is 0.120. The minimum Gasteiger partial charge on any atom is -0.497 e. The van der Waals surface area contributed by atoms with Gasteiger partial charge in [0.2, 0.25) is 11.7 Å². The number of nitrogens with one attached hydrogen (secondary N) is 1. The number of thioether (sulfide) groups is 1. The molecule has 5 rings (SSSR count). The molecule has 3 aromatic carbocycles. The Kier molecular flexibility index (Phi) is 5.96. The van der Waals surface area contributed by atoms with E-state index in [0.717, 1.165) is 0 Å². The lowest BCUT2D eigenvalue weighted by atomic mass is 10.2. The average Bonchev–Trinajstić information content (AvgIpc) is 3.27. The van der Waals surface area contributed by atoms with Crippen molar-refractivity contribution in [2.24, 2.45) is 0 Å². The van der Waals surface area contributed by atoms with Crippen LogP contribution >= 0.6 is 11.8 Å². The van der Waals surface area contributed by atoms with Crippen molar-refractivity contribution in [1.29, 1.82) is 0 Å². The third-order valence-corrected chi connectivity index (χ3v) is 6.49. The Labute approximate surface area is 203 Å². The SMILES string of the molecule is COc1cccc(-n2c(=O)c3ccccc3n3c(SC(C)C(=O)Nc4cccc(F)c4)nnc23)c1. The fourth-order valence-electron chi connectivity index (χ4n) is 3.76. The molecule has 1 N–H and O–H groups in total. The average molecular weight is 490 g/mol. The summed E-state index contributed by atoms with van der Waals surface area (Å²) in [4.78, 5) is 26.2. The number of aromatic nitrogens is 4. The van der Waals surface area contributed by atoms with E-state index in [1.165, 1.54) is 34.5 Å². The zero-order chi connectivity index (χ0) is 24.5. The van der Waals surface area contributed by atoms with Crippen LogP contribution < -0.4 is 15.6 Å². The predicted octanol–water partition coefficient (Wildman–Crippen LogP) is 4.30. The second-order valence-electron chi connectivity index (χ2n) is 7.74. The molecule has 10 heteroatoms. The molecule has 176 valence electrons. The van der Waals surface area contributed by atoms with Gasteiger partial charge in [0.25, 0.3) is 5.56 Å². The molecule has 0 spiro atoms. The largest absolute Gasteiger partial charge is 0.497 e. The standard InChI is InChI=1S/C25H20FN5O3S/c1-15(22(32)27-17-8-5-7-16(26)13-17)35-25-29-28-24-30(18-9-6-10-19(14-18)34-2)23(33)20-11-3-4-12-21(20)31(24)25/h3-15H,1-2H3,(H,27,32). The Morgan fingerprint density at radius 2 is 1.86 bits per heavy atom. The number of para-hydroxylation sites is 1. The number of rotatable bonds is 6. The first kappa shape index (κ1) is 22.6. The molecule has 1 amide bonds. The summed E-state index contributed by atoms with van der Waals surface area (Å²) in [5, 5.41) is 11.7. The molecule has 0 radical (unpaired) electrons. The molecule has 8 nitrogen and oxygen atoms in total. The van der Waals surface area contributed by atoms with Crippen molar-refractivity contribution < 1.29 is 13.9 Å². The number of nitrogens with zero attached hydrogens (tertiary/aromatic N) is 4. The number of hydrogen-bond acceptors (Lipinski definition) is 6. The number of carbonyl (C=O) groups excluding carboxylic acids is 1. The lowest BCUT2D eigenvalue weighted by molar-refractivity contribution is -0.115. The Hall–Kier alpha value is -4.18. The monoisotopic (exact) mass is 489 g/mol. The third kappa shape index (κ3) is 4.24. The topological polar surface area (TPSA) is 90.5 Å². The Bertz CT molecular complexity index is 1630. The van der Waals surface area contributed by atoms with Crippen molar-refractivity contribution >= 4 is 40.0 Å². The predicted molar refractivity (Wildman–Crippen MR) is 133 cm³/mol. The molecule has 0 saturated carbocycles. The van der Waals surface area contributed by atoms with E-state index in [1.807, 2.05) is 12.1 Å². The quantitative estimate of drug-likeness (QED) is 0.358. The van der Waals surface area contributed by atoms with Crippen LogP contribution in [0.15, 0.2) is 82.7 Å². The summed E-state index contributed by atoms with van der Waals surface area (Å²) in [7, 11) is 1.56. The normalized spacial score (nSPS) is 12.1. The highest BCUT2D eigenvalue weighted by molar-refractivity contribution is 8.00. The molecular weight excluding hydrogens is 469 g/mol. The van der Waals surface area contributed by atoms with E-state index in [1.54, 1.807) is 60.9 Å². The lowest BCUT2D eigenvalue weighted by Crippen LogP contribution is -2.23. The van der Waals surface area contributed by atoms with Gasteiger partial charge in [-0.15, -0.1) is 10.2 Å². The number of carbonyl (C=O) groups is 1. The first-order valence-corrected chi connectivity index (χ1v) is 11.6. The number of benzene rings is 3. The van der Waals surface area contributed by atoms with Crippen LogP contribution in [0.3, 0.4) is 0 Å². The van der Waals surface area contributed by atoms with Gasteiger partial charge in [0, 0.05) is 11.8 Å². The van der Waals surface area contributed by atoms with Gasteiger partial charge in [-0.25, -0.2) is 8.96 Å². The van der Waals surface area contributed by atoms with E-state index >= 15 is 0 Å². The maximum Gasteiger partial charge on any atom is 0.267 e. The first-order chi connectivity index (χ1) is 17.0. The van der Waals surface area contributed by atoms with Crippen molar-refractivity contribution in [2.45, 2.75) is 17.3 Å². The van der Waals surface area contributed by atoms with Crippen LogP contribution in [0.2, 0.25) is 0 Å². The summed E-state index contributed by atoms with van der Waals surface area (Å²) in [5.41, 5.74) is 1.32. The smallest absolute Gasteiger partial charge is 0.267 e. The van der Waals surface area contributed by atoms with Crippen LogP contribution in [0.4, 0.5) is 10.1 Å². The fourth-order valence-corrected chi connectivity index (χ4v) is 4.61. The van der Waals surface area contributed by atoms with Crippen molar-refractivity contribution in [2.75, 3.05) is 12.4 Å². The van der Waals surface area contributed by atoms with Gasteiger partial charge < -0.3 is 10.1 Å². The number of anilines is 1. The van der Waals surface area contributed by atoms with Crippen molar-refractivity contribution in [3.8, 4) is 11.4 Å². The molecule has 0 fully saturated rings. The van der Waals surface area contributed by atoms with E-state index in [2.05, 4.69) is 15.5 Å². The van der Waals surface area contributed by atoms with Crippen molar-refractivity contribution in [3.63, 3.8) is 0 Å². The zero-order valence-electron chi connectivity index (χ0n) is 18.8. The Balaban J connectivity index is 1.59. The summed E-state index contributed by atoms with van der Waals surface area (Å²) < 4.78 is 22.0. The first-order valence-electron chi connectivity index (χ1n) is 10.7. The minimum absolute atomic E-state index is 0.248. The van der Waals surface area contributed by atoms with Gasteiger partial charge >= 0.3 is 0 Å². The van der Waals surface area contributed by atoms with E-state index in [-0.39, 0.29) is 11.5 Å². The highest BCUT2D eigenvalue weighted by Gasteiger charge is 2.22. The maximum atomic E-state index is 13.5. The summed E-state index contributed by atoms with van der Waals surface area (Å²) in [6, 6.07) is 20.0. The molecule has 1 atom stereocenters. The van der Waals surface area contributed by atoms with Gasteiger partial charge in [0.1, 0.15) is 11.6 Å². The minimum atomic E-state index is -0.582. The second-order valence-corrected chi connectivity index (χ2v) is 9.04. The van der Waals surface area contributed by atoms with E-state index in [4.69, 9.17) is 4.74 Å². The van der Waals surface area contributed by atoms with Crippen LogP contribution in [0.5, 0.6) is 5.75 Å². The van der Waals surface area contributed by atoms with Crippen molar-refractivity contribution in [1.82, 2.24) is 19.2 Å². The maximum absolute atomic E-state index is 13.5. The van der Waals surface area contributed by atoms with Crippen LogP contribution in [-0.4, -0.2) is 37.4 Å². The lowest BCUT2D eigenvalue weighted by Gasteiger charge is -2.14. The molecule has 2 aromatic heterocycles. The molecule has 1 unspecified atom stereocenters. The van der Waals surface area contributed by atoms with Gasteiger partial charge in [-0.3, -0.25) is 14.0 Å². The van der Waals surface area contributed by atoms with Crippen molar-refractivity contribution in [3.05, 3.63) is 89.0 Å². The van der Waals surface area contributed by atoms with Crippen LogP contribution in [0.25, 0.3) is 22.4 Å². The number of halogens is 1. The third-order valence-electron chi connectivity index (χ3n) is 5.45. The highest BCUT2D eigenvalue weighted by atomic mass is 32.2. The number of hydrogen-bond donors (Lipinski definition) is 1. The Morgan fingerprint density at radius 3 is 2.66 bits per heavy atom. The van der Waals surface area contributed by atoms with Crippen LogP contribution in [0.1, 0.15) is 6.92 Å². The number of amides is 1. The van der Waals surface area contributed by atoms with Gasteiger partial charge in [0.15, 0.2) is 5.16 Å². The molecule has 0 aliphatic rings. The van der Waals surface area contributed by atoms with Gasteiger partial charge in [0.05, 0.1) is 29.0 Å². The van der Waals surface area contributed by atoms with E-state index in [9.17, 15) is 14.0 Å². The molecule has 0 aliphatic carbocycles. The molecule has 5 aromatic rings.